The maximum atomic E-state index is 12.6. The number of benzene rings is 2. The minimum atomic E-state index is -4.49. The van der Waals surface area contributed by atoms with Gasteiger partial charge in [-0.3, -0.25) is 0 Å². The van der Waals surface area contributed by atoms with Gasteiger partial charge in [-0.05, 0) is 42.0 Å². The second-order valence-electron chi connectivity index (χ2n) is 4.37. The molecule has 1 atom stereocenters. The topological polar surface area (TPSA) is 44.5 Å². The highest BCUT2D eigenvalue weighted by Crippen LogP contribution is 2.33. The third-order valence-corrected chi connectivity index (χ3v) is 2.86. The lowest BCUT2D eigenvalue weighted by molar-refractivity contribution is -0.149. The number of methoxy groups -OCH3 is 1. The number of hydrogen-bond acceptors (Lipinski definition) is 3. The van der Waals surface area contributed by atoms with E-state index in [4.69, 9.17) is 15.2 Å². The third-order valence-electron chi connectivity index (χ3n) is 2.86. The lowest BCUT2D eigenvalue weighted by Gasteiger charge is -2.16. The van der Waals surface area contributed by atoms with Crippen molar-refractivity contribution in [2.45, 2.75) is 12.2 Å². The Morgan fingerprint density at radius 2 is 1.57 bits per heavy atom. The highest BCUT2D eigenvalue weighted by atomic mass is 19.4. The second kappa shape index (κ2) is 6.05. The van der Waals surface area contributed by atoms with E-state index in [1.165, 1.54) is 25.3 Å². The summed E-state index contributed by atoms with van der Waals surface area (Å²) >= 11 is 0. The molecule has 0 radical (unpaired) electrons. The van der Waals surface area contributed by atoms with Crippen LogP contribution in [0.15, 0.2) is 48.5 Å². The first kappa shape index (κ1) is 15.2. The molecule has 0 aliphatic heterocycles. The first-order valence-corrected chi connectivity index (χ1v) is 6.14. The smallest absolute Gasteiger partial charge is 0.407 e. The first-order valence-electron chi connectivity index (χ1n) is 6.14. The number of ether oxygens (including phenoxy) is 2. The van der Waals surface area contributed by atoms with Crippen LogP contribution in [0.1, 0.15) is 11.6 Å². The van der Waals surface area contributed by atoms with Crippen molar-refractivity contribution in [3.63, 3.8) is 0 Å². The van der Waals surface area contributed by atoms with Gasteiger partial charge in [0, 0.05) is 0 Å². The van der Waals surface area contributed by atoms with Crippen molar-refractivity contribution >= 4 is 0 Å². The van der Waals surface area contributed by atoms with E-state index in [0.717, 1.165) is 0 Å². The van der Waals surface area contributed by atoms with E-state index >= 15 is 0 Å². The molecule has 0 spiro atoms. The van der Waals surface area contributed by atoms with E-state index in [9.17, 15) is 13.2 Å². The fraction of sp³-hybridized carbons (Fsp3) is 0.200. The first-order chi connectivity index (χ1) is 9.90. The van der Waals surface area contributed by atoms with Crippen LogP contribution in [-0.4, -0.2) is 13.3 Å². The van der Waals surface area contributed by atoms with Gasteiger partial charge >= 0.3 is 6.18 Å². The van der Waals surface area contributed by atoms with Crippen molar-refractivity contribution in [3.05, 3.63) is 54.1 Å². The van der Waals surface area contributed by atoms with E-state index in [2.05, 4.69) is 0 Å². The molecule has 0 heterocycles. The van der Waals surface area contributed by atoms with E-state index in [1.807, 2.05) is 0 Å². The van der Waals surface area contributed by atoms with E-state index in [-0.39, 0.29) is 11.3 Å². The second-order valence-corrected chi connectivity index (χ2v) is 4.37. The number of nitrogens with two attached hydrogens (primary N) is 1. The number of rotatable bonds is 4. The van der Waals surface area contributed by atoms with Gasteiger partial charge in [-0.1, -0.05) is 12.1 Å². The maximum Gasteiger partial charge on any atom is 0.407 e. The Bertz CT molecular complexity index is 597. The average molecular weight is 297 g/mol. The third kappa shape index (κ3) is 3.88. The molecule has 112 valence electrons. The van der Waals surface area contributed by atoms with Crippen LogP contribution in [0.2, 0.25) is 0 Å². The number of halogens is 3. The molecule has 0 aliphatic carbocycles. The van der Waals surface area contributed by atoms with Crippen molar-refractivity contribution in [1.29, 1.82) is 0 Å². The maximum absolute atomic E-state index is 12.6. The normalized spacial score (nSPS) is 12.8. The van der Waals surface area contributed by atoms with Crippen molar-refractivity contribution in [1.82, 2.24) is 0 Å². The standard InChI is InChI=1S/C15H14F3NO2/c1-20-11-5-7-12(8-6-11)21-13-4-2-3-10(9-13)14(19)15(16,17)18/h2-9,14H,19H2,1H3/t14-/m0/s1. The molecule has 0 saturated carbocycles. The molecule has 0 saturated heterocycles. The summed E-state index contributed by atoms with van der Waals surface area (Å²) in [5, 5.41) is 0. The Morgan fingerprint density at radius 3 is 2.14 bits per heavy atom. The fourth-order valence-electron chi connectivity index (χ4n) is 1.74. The quantitative estimate of drug-likeness (QED) is 0.926. The molecule has 3 nitrogen and oxygen atoms in total. The largest absolute Gasteiger partial charge is 0.497 e. The van der Waals surface area contributed by atoms with Gasteiger partial charge in [-0.25, -0.2) is 0 Å². The van der Waals surface area contributed by atoms with Crippen LogP contribution < -0.4 is 15.2 Å². The molecule has 6 heteroatoms. The average Bonchev–Trinajstić information content (AvgIpc) is 2.46. The monoisotopic (exact) mass is 297 g/mol. The molecule has 0 fully saturated rings. The zero-order valence-corrected chi connectivity index (χ0v) is 11.2. The van der Waals surface area contributed by atoms with Crippen LogP contribution in [0.25, 0.3) is 0 Å². The predicted octanol–water partition coefficient (Wildman–Crippen LogP) is 4.05. The molecule has 0 bridgehead atoms. The highest BCUT2D eigenvalue weighted by Gasteiger charge is 2.37. The van der Waals surface area contributed by atoms with Crippen molar-refractivity contribution < 1.29 is 22.6 Å². The molecule has 21 heavy (non-hydrogen) atoms. The van der Waals surface area contributed by atoms with Gasteiger partial charge in [0.25, 0.3) is 0 Å². The van der Waals surface area contributed by atoms with Gasteiger partial charge in [0.15, 0.2) is 0 Å². The minimum absolute atomic E-state index is 0.0477. The van der Waals surface area contributed by atoms with Crippen molar-refractivity contribution in [2.24, 2.45) is 5.73 Å². The van der Waals surface area contributed by atoms with E-state index in [0.29, 0.717) is 11.5 Å². The van der Waals surface area contributed by atoms with Crippen LogP contribution in [-0.2, 0) is 0 Å². The van der Waals surface area contributed by atoms with Gasteiger partial charge in [0.05, 0.1) is 7.11 Å². The fourth-order valence-corrected chi connectivity index (χ4v) is 1.74. The Hall–Kier alpha value is -2.21. The highest BCUT2D eigenvalue weighted by molar-refractivity contribution is 5.37. The SMILES string of the molecule is COc1ccc(Oc2cccc([C@H](N)C(F)(F)F)c2)cc1. The zero-order chi connectivity index (χ0) is 15.5. The molecule has 2 rings (SSSR count). The summed E-state index contributed by atoms with van der Waals surface area (Å²) in [5.74, 6) is 1.45. The summed E-state index contributed by atoms with van der Waals surface area (Å²) in [6.45, 7) is 0. The summed E-state index contributed by atoms with van der Waals surface area (Å²) in [6, 6.07) is 10.3. The summed E-state index contributed by atoms with van der Waals surface area (Å²) in [4.78, 5) is 0. The Balaban J connectivity index is 2.17. The summed E-state index contributed by atoms with van der Waals surface area (Å²) in [6.07, 6.45) is -4.49. The van der Waals surface area contributed by atoms with Gasteiger partial charge in [-0.15, -0.1) is 0 Å². The number of hydrogen-bond donors (Lipinski definition) is 1. The van der Waals surface area contributed by atoms with Crippen molar-refractivity contribution in [3.8, 4) is 17.2 Å². The molecule has 0 aliphatic rings. The Labute approximate surface area is 120 Å². The molecular weight excluding hydrogens is 283 g/mol. The minimum Gasteiger partial charge on any atom is -0.497 e. The lowest BCUT2D eigenvalue weighted by atomic mass is 10.1. The zero-order valence-electron chi connectivity index (χ0n) is 11.2. The van der Waals surface area contributed by atoms with Gasteiger partial charge in [0.1, 0.15) is 23.3 Å². The molecule has 2 aromatic carbocycles. The molecule has 0 amide bonds. The van der Waals surface area contributed by atoms with Gasteiger partial charge in [-0.2, -0.15) is 13.2 Å². The van der Waals surface area contributed by atoms with Crippen LogP contribution in [0, 0.1) is 0 Å². The van der Waals surface area contributed by atoms with E-state index < -0.39 is 12.2 Å². The molecule has 2 N–H and O–H groups in total. The lowest BCUT2D eigenvalue weighted by Crippen LogP contribution is -2.28. The summed E-state index contributed by atoms with van der Waals surface area (Å²) in [5.41, 5.74) is 5.13. The van der Waals surface area contributed by atoms with E-state index in [1.54, 1.807) is 30.3 Å². The molecule has 0 aromatic heterocycles. The number of alkyl halides is 3. The molecule has 2 aromatic rings. The van der Waals surface area contributed by atoms with Crippen LogP contribution >= 0.6 is 0 Å². The molecule has 0 unspecified atom stereocenters. The summed E-state index contributed by atoms with van der Waals surface area (Å²) in [7, 11) is 1.54. The van der Waals surface area contributed by atoms with Crippen LogP contribution in [0.4, 0.5) is 13.2 Å². The van der Waals surface area contributed by atoms with Gasteiger partial charge < -0.3 is 15.2 Å². The van der Waals surface area contributed by atoms with Gasteiger partial charge in [0.2, 0.25) is 0 Å². The van der Waals surface area contributed by atoms with Crippen LogP contribution in [0.3, 0.4) is 0 Å². The Morgan fingerprint density at radius 1 is 0.952 bits per heavy atom. The van der Waals surface area contributed by atoms with Crippen molar-refractivity contribution in [2.75, 3.05) is 7.11 Å². The van der Waals surface area contributed by atoms with Crippen LogP contribution in [0.5, 0.6) is 17.2 Å². The molecular formula is C15H14F3NO2. The predicted molar refractivity (Wildman–Crippen MR) is 72.5 cm³/mol. The summed E-state index contributed by atoms with van der Waals surface area (Å²) < 4.78 is 48.3. The Kier molecular flexibility index (Phi) is 4.37.